The van der Waals surface area contributed by atoms with Gasteiger partial charge in [0.25, 0.3) is 5.91 Å². The van der Waals surface area contributed by atoms with Gasteiger partial charge in [0.1, 0.15) is 11.6 Å². The van der Waals surface area contributed by atoms with E-state index < -0.39 is 0 Å². The standard InChI is InChI=1S/C15H18N4O3/c1-21-10-9-16-14-8-7-13(18-19-14)15(20)17-11-3-5-12(22-2)6-4-11/h3-8H,9-10H2,1-2H3,(H,16,19)(H,17,20). The molecule has 0 aliphatic heterocycles. The van der Waals surface area contributed by atoms with Crippen molar-refractivity contribution in [2.75, 3.05) is 38.0 Å². The SMILES string of the molecule is COCCNc1ccc(C(=O)Nc2ccc(OC)cc2)nn1. The second-order valence-corrected chi connectivity index (χ2v) is 4.41. The van der Waals surface area contributed by atoms with Gasteiger partial charge in [-0.2, -0.15) is 0 Å². The van der Waals surface area contributed by atoms with Crippen LogP contribution in [0.25, 0.3) is 0 Å². The van der Waals surface area contributed by atoms with Crippen molar-refractivity contribution < 1.29 is 14.3 Å². The number of ether oxygens (including phenoxy) is 2. The Morgan fingerprint density at radius 2 is 1.86 bits per heavy atom. The third-order valence-electron chi connectivity index (χ3n) is 2.86. The molecule has 116 valence electrons. The van der Waals surface area contributed by atoms with Gasteiger partial charge in [-0.05, 0) is 36.4 Å². The summed E-state index contributed by atoms with van der Waals surface area (Å²) >= 11 is 0. The summed E-state index contributed by atoms with van der Waals surface area (Å²) in [7, 11) is 3.21. The molecule has 22 heavy (non-hydrogen) atoms. The maximum atomic E-state index is 12.1. The molecule has 7 nitrogen and oxygen atoms in total. The molecule has 2 N–H and O–H groups in total. The van der Waals surface area contributed by atoms with Crippen LogP contribution >= 0.6 is 0 Å². The molecule has 0 unspecified atom stereocenters. The first-order valence-electron chi connectivity index (χ1n) is 6.75. The highest BCUT2D eigenvalue weighted by atomic mass is 16.5. The van der Waals surface area contributed by atoms with Gasteiger partial charge in [0, 0.05) is 19.3 Å². The van der Waals surface area contributed by atoms with Crippen LogP contribution in [0, 0.1) is 0 Å². The monoisotopic (exact) mass is 302 g/mol. The number of carbonyl (C=O) groups excluding carboxylic acids is 1. The van der Waals surface area contributed by atoms with Crippen LogP contribution in [0.4, 0.5) is 11.5 Å². The van der Waals surface area contributed by atoms with Crippen molar-refractivity contribution in [2.24, 2.45) is 0 Å². The Balaban J connectivity index is 1.94. The maximum Gasteiger partial charge on any atom is 0.276 e. The fraction of sp³-hybridized carbons (Fsp3) is 0.267. The molecule has 1 heterocycles. The molecular formula is C15H18N4O3. The summed E-state index contributed by atoms with van der Waals surface area (Å²) in [6, 6.07) is 10.4. The Hall–Kier alpha value is -2.67. The first-order valence-corrected chi connectivity index (χ1v) is 6.75. The van der Waals surface area contributed by atoms with Crippen molar-refractivity contribution in [2.45, 2.75) is 0 Å². The number of aromatic nitrogens is 2. The summed E-state index contributed by atoms with van der Waals surface area (Å²) in [5.41, 5.74) is 0.906. The molecule has 2 rings (SSSR count). The van der Waals surface area contributed by atoms with Gasteiger partial charge in [-0.3, -0.25) is 4.79 Å². The van der Waals surface area contributed by atoms with Gasteiger partial charge in [0.05, 0.1) is 13.7 Å². The molecule has 1 aromatic heterocycles. The lowest BCUT2D eigenvalue weighted by Gasteiger charge is -2.07. The van der Waals surface area contributed by atoms with E-state index in [1.807, 2.05) is 0 Å². The van der Waals surface area contributed by atoms with Crippen LogP contribution in [0.1, 0.15) is 10.5 Å². The van der Waals surface area contributed by atoms with E-state index in [0.717, 1.165) is 5.75 Å². The van der Waals surface area contributed by atoms with E-state index in [4.69, 9.17) is 9.47 Å². The topological polar surface area (TPSA) is 85.4 Å². The number of methoxy groups -OCH3 is 2. The van der Waals surface area contributed by atoms with Gasteiger partial charge < -0.3 is 20.1 Å². The highest BCUT2D eigenvalue weighted by Gasteiger charge is 2.08. The minimum Gasteiger partial charge on any atom is -0.497 e. The van der Waals surface area contributed by atoms with Crippen molar-refractivity contribution in [1.29, 1.82) is 0 Å². The molecule has 0 fully saturated rings. The number of hydrogen-bond acceptors (Lipinski definition) is 6. The minimum absolute atomic E-state index is 0.244. The molecule has 0 atom stereocenters. The molecule has 1 aromatic carbocycles. The second-order valence-electron chi connectivity index (χ2n) is 4.41. The number of anilines is 2. The van der Waals surface area contributed by atoms with Gasteiger partial charge in [0.2, 0.25) is 0 Å². The number of nitrogens with zero attached hydrogens (tertiary/aromatic N) is 2. The Labute approximate surface area is 128 Å². The molecule has 0 aliphatic carbocycles. The molecule has 0 radical (unpaired) electrons. The number of hydrogen-bond donors (Lipinski definition) is 2. The van der Waals surface area contributed by atoms with Crippen LogP contribution < -0.4 is 15.4 Å². The van der Waals surface area contributed by atoms with E-state index in [1.165, 1.54) is 0 Å². The van der Waals surface area contributed by atoms with E-state index in [-0.39, 0.29) is 11.6 Å². The first kappa shape index (κ1) is 15.7. The molecule has 2 aromatic rings. The zero-order chi connectivity index (χ0) is 15.8. The van der Waals surface area contributed by atoms with Gasteiger partial charge in [-0.25, -0.2) is 0 Å². The number of benzene rings is 1. The average molecular weight is 302 g/mol. The molecule has 0 saturated carbocycles. The van der Waals surface area contributed by atoms with Crippen LogP contribution in [0.2, 0.25) is 0 Å². The zero-order valence-corrected chi connectivity index (χ0v) is 12.5. The van der Waals surface area contributed by atoms with E-state index in [0.29, 0.717) is 24.7 Å². The van der Waals surface area contributed by atoms with Crippen molar-refractivity contribution in [3.05, 3.63) is 42.1 Å². The predicted molar refractivity (Wildman–Crippen MR) is 83.3 cm³/mol. The summed E-state index contributed by atoms with van der Waals surface area (Å²) in [5.74, 6) is 1.00. The summed E-state index contributed by atoms with van der Waals surface area (Å²) < 4.78 is 9.99. The van der Waals surface area contributed by atoms with Gasteiger partial charge >= 0.3 is 0 Å². The first-order chi connectivity index (χ1) is 10.7. The molecular weight excluding hydrogens is 284 g/mol. The largest absolute Gasteiger partial charge is 0.497 e. The second kappa shape index (κ2) is 7.94. The van der Waals surface area contributed by atoms with E-state index >= 15 is 0 Å². The Morgan fingerprint density at radius 3 is 2.45 bits per heavy atom. The predicted octanol–water partition coefficient (Wildman–Crippen LogP) is 1.80. The minimum atomic E-state index is -0.318. The lowest BCUT2D eigenvalue weighted by atomic mass is 10.3. The van der Waals surface area contributed by atoms with Crippen LogP contribution in [0.3, 0.4) is 0 Å². The summed E-state index contributed by atoms with van der Waals surface area (Å²) in [4.78, 5) is 12.1. The highest BCUT2D eigenvalue weighted by molar-refractivity contribution is 6.02. The summed E-state index contributed by atoms with van der Waals surface area (Å²) in [6.07, 6.45) is 0. The Kier molecular flexibility index (Phi) is 5.67. The lowest BCUT2D eigenvalue weighted by molar-refractivity contribution is 0.102. The van der Waals surface area contributed by atoms with Gasteiger partial charge in [-0.1, -0.05) is 0 Å². The van der Waals surface area contributed by atoms with Gasteiger partial charge in [0.15, 0.2) is 5.69 Å². The third kappa shape index (κ3) is 4.42. The quantitative estimate of drug-likeness (QED) is 0.759. The normalized spacial score (nSPS) is 10.1. The fourth-order valence-electron chi connectivity index (χ4n) is 1.70. The van der Waals surface area contributed by atoms with Crippen molar-refractivity contribution >= 4 is 17.4 Å². The van der Waals surface area contributed by atoms with E-state index in [9.17, 15) is 4.79 Å². The zero-order valence-electron chi connectivity index (χ0n) is 12.5. The smallest absolute Gasteiger partial charge is 0.276 e. The van der Waals surface area contributed by atoms with Crippen molar-refractivity contribution in [3.63, 3.8) is 0 Å². The van der Waals surface area contributed by atoms with E-state index in [1.54, 1.807) is 50.6 Å². The van der Waals surface area contributed by atoms with Gasteiger partial charge in [-0.15, -0.1) is 10.2 Å². The maximum absolute atomic E-state index is 12.1. The number of carbonyl (C=O) groups is 1. The molecule has 0 bridgehead atoms. The molecule has 0 aliphatic rings. The third-order valence-corrected chi connectivity index (χ3v) is 2.86. The highest BCUT2D eigenvalue weighted by Crippen LogP contribution is 2.15. The molecule has 0 saturated heterocycles. The molecule has 1 amide bonds. The van der Waals surface area contributed by atoms with Crippen molar-refractivity contribution in [3.8, 4) is 5.75 Å². The lowest BCUT2D eigenvalue weighted by Crippen LogP contribution is -2.15. The Bertz CT molecular complexity index is 599. The van der Waals surface area contributed by atoms with Crippen LogP contribution in [-0.4, -0.2) is 43.5 Å². The average Bonchev–Trinajstić information content (AvgIpc) is 2.56. The number of nitrogens with one attached hydrogen (secondary N) is 2. The van der Waals surface area contributed by atoms with Crippen molar-refractivity contribution in [1.82, 2.24) is 10.2 Å². The summed E-state index contributed by atoms with van der Waals surface area (Å²) in [5, 5.41) is 13.6. The van der Waals surface area contributed by atoms with Crippen LogP contribution in [0.15, 0.2) is 36.4 Å². The molecule has 0 spiro atoms. The molecule has 7 heteroatoms. The summed E-state index contributed by atoms with van der Waals surface area (Å²) in [6.45, 7) is 1.20. The van der Waals surface area contributed by atoms with Crippen LogP contribution in [-0.2, 0) is 4.74 Å². The fourth-order valence-corrected chi connectivity index (χ4v) is 1.70. The number of amides is 1. The Morgan fingerprint density at radius 1 is 1.09 bits per heavy atom. The number of rotatable bonds is 7. The van der Waals surface area contributed by atoms with E-state index in [2.05, 4.69) is 20.8 Å². The van der Waals surface area contributed by atoms with Crippen LogP contribution in [0.5, 0.6) is 5.75 Å².